The van der Waals surface area contributed by atoms with E-state index in [2.05, 4.69) is 5.32 Å². The van der Waals surface area contributed by atoms with Crippen molar-refractivity contribution in [1.82, 2.24) is 15.1 Å². The van der Waals surface area contributed by atoms with Gasteiger partial charge in [0.25, 0.3) is 5.91 Å². The van der Waals surface area contributed by atoms with Crippen molar-refractivity contribution < 1.29 is 9.53 Å². The van der Waals surface area contributed by atoms with Gasteiger partial charge in [-0.05, 0) is 54.0 Å². The van der Waals surface area contributed by atoms with Crippen LogP contribution in [0.15, 0.2) is 84.0 Å². The Morgan fingerprint density at radius 2 is 1.88 bits per heavy atom. The molecule has 1 saturated heterocycles. The average Bonchev–Trinajstić information content (AvgIpc) is 3.55. The third-order valence-corrected chi connectivity index (χ3v) is 6.17. The van der Waals surface area contributed by atoms with Gasteiger partial charge in [-0.3, -0.25) is 9.69 Å². The van der Waals surface area contributed by atoms with Crippen LogP contribution in [0.1, 0.15) is 5.56 Å². The Morgan fingerprint density at radius 3 is 2.62 bits per heavy atom. The van der Waals surface area contributed by atoms with Crippen LogP contribution in [0.3, 0.4) is 0 Å². The van der Waals surface area contributed by atoms with E-state index < -0.39 is 0 Å². The Balaban J connectivity index is 1.55. The fourth-order valence-electron chi connectivity index (χ4n) is 3.49. The van der Waals surface area contributed by atoms with E-state index >= 15 is 0 Å². The minimum Gasteiger partial charge on any atom is -0.497 e. The zero-order valence-corrected chi connectivity index (χ0v) is 18.7. The number of ether oxygens (including phenoxy) is 1. The lowest BCUT2D eigenvalue weighted by Crippen LogP contribution is -2.30. The maximum absolute atomic E-state index is 13.2. The molecule has 2 aromatic heterocycles. The third kappa shape index (κ3) is 3.70. The summed E-state index contributed by atoms with van der Waals surface area (Å²) in [4.78, 5) is 15.7. The number of nitrogens with one attached hydrogen (secondary N) is 1. The fourth-order valence-corrected chi connectivity index (χ4v) is 4.51. The fraction of sp³-hybridized carbons (Fsp3) is 0.0417. The highest BCUT2D eigenvalue weighted by Crippen LogP contribution is 2.31. The Labute approximate surface area is 194 Å². The van der Waals surface area contributed by atoms with E-state index in [0.29, 0.717) is 22.2 Å². The highest BCUT2D eigenvalue weighted by Gasteiger charge is 2.32. The van der Waals surface area contributed by atoms with Gasteiger partial charge >= 0.3 is 0 Å². The van der Waals surface area contributed by atoms with Gasteiger partial charge in [0.1, 0.15) is 17.1 Å². The first-order chi connectivity index (χ1) is 15.6. The van der Waals surface area contributed by atoms with E-state index in [9.17, 15) is 4.79 Å². The minimum atomic E-state index is -0.229. The molecule has 3 heterocycles. The normalized spacial score (nSPS) is 14.8. The molecule has 1 aliphatic rings. The van der Waals surface area contributed by atoms with Crippen molar-refractivity contribution in [2.45, 2.75) is 0 Å². The second kappa shape index (κ2) is 8.41. The lowest BCUT2D eigenvalue weighted by Gasteiger charge is -2.14. The first-order valence-electron chi connectivity index (χ1n) is 9.84. The van der Waals surface area contributed by atoms with Crippen LogP contribution in [0.4, 0.5) is 5.69 Å². The summed E-state index contributed by atoms with van der Waals surface area (Å²) in [5, 5.41) is 10.2. The number of anilines is 1. The van der Waals surface area contributed by atoms with Crippen LogP contribution < -0.4 is 15.0 Å². The summed E-state index contributed by atoms with van der Waals surface area (Å²) in [5.74, 6) is 0.424. The van der Waals surface area contributed by atoms with E-state index in [4.69, 9.17) is 22.1 Å². The number of hydrogen-bond acceptors (Lipinski definition) is 5. The van der Waals surface area contributed by atoms with Crippen molar-refractivity contribution in [3.05, 3.63) is 89.6 Å². The Morgan fingerprint density at radius 1 is 1.06 bits per heavy atom. The van der Waals surface area contributed by atoms with Crippen molar-refractivity contribution in [2.24, 2.45) is 0 Å². The van der Waals surface area contributed by atoms with Crippen LogP contribution in [-0.4, -0.2) is 27.9 Å². The van der Waals surface area contributed by atoms with Crippen LogP contribution in [0.5, 0.6) is 5.75 Å². The summed E-state index contributed by atoms with van der Waals surface area (Å²) in [6.07, 6.45) is 3.72. The maximum atomic E-state index is 13.2. The molecule has 8 heteroatoms. The molecule has 4 aromatic rings. The van der Waals surface area contributed by atoms with Crippen LogP contribution in [0.2, 0.25) is 0 Å². The number of thiocarbonyl (C=S) groups is 1. The third-order valence-electron chi connectivity index (χ3n) is 5.01. The van der Waals surface area contributed by atoms with Gasteiger partial charge in [-0.15, -0.1) is 11.3 Å². The maximum Gasteiger partial charge on any atom is 0.281 e. The molecule has 32 heavy (non-hydrogen) atoms. The van der Waals surface area contributed by atoms with E-state index in [-0.39, 0.29) is 5.91 Å². The summed E-state index contributed by atoms with van der Waals surface area (Å²) >= 11 is 7.06. The number of rotatable bonds is 5. The first kappa shape index (κ1) is 20.2. The molecule has 0 saturated carbocycles. The van der Waals surface area contributed by atoms with Crippen molar-refractivity contribution in [3.8, 4) is 22.0 Å². The molecular formula is C24H18N4O2S2. The predicted octanol–water partition coefficient (Wildman–Crippen LogP) is 4.87. The highest BCUT2D eigenvalue weighted by molar-refractivity contribution is 7.80. The van der Waals surface area contributed by atoms with E-state index in [1.54, 1.807) is 30.6 Å². The second-order valence-electron chi connectivity index (χ2n) is 7.02. The second-order valence-corrected chi connectivity index (χ2v) is 8.36. The van der Waals surface area contributed by atoms with Crippen molar-refractivity contribution in [3.63, 3.8) is 0 Å². The molecule has 2 aromatic carbocycles. The van der Waals surface area contributed by atoms with Gasteiger partial charge in [0, 0.05) is 17.8 Å². The molecule has 5 rings (SSSR count). The lowest BCUT2D eigenvalue weighted by molar-refractivity contribution is -0.113. The Kier molecular flexibility index (Phi) is 5.30. The van der Waals surface area contributed by atoms with Crippen LogP contribution in [-0.2, 0) is 4.79 Å². The first-order valence-corrected chi connectivity index (χ1v) is 11.1. The monoisotopic (exact) mass is 458 g/mol. The highest BCUT2D eigenvalue weighted by atomic mass is 32.1. The minimum absolute atomic E-state index is 0.229. The summed E-state index contributed by atoms with van der Waals surface area (Å²) < 4.78 is 7.10. The molecule has 1 N–H and O–H groups in total. The summed E-state index contributed by atoms with van der Waals surface area (Å²) in [6, 6.07) is 21.1. The number of hydrogen-bond donors (Lipinski definition) is 1. The van der Waals surface area contributed by atoms with Gasteiger partial charge in [-0.1, -0.05) is 30.3 Å². The number of aromatic nitrogens is 2. The van der Waals surface area contributed by atoms with Gasteiger partial charge in [-0.2, -0.15) is 5.10 Å². The average molecular weight is 459 g/mol. The topological polar surface area (TPSA) is 59.4 Å². The molecule has 0 radical (unpaired) electrons. The number of benzene rings is 2. The molecule has 1 amide bonds. The number of thiophene rings is 1. The number of carbonyl (C=O) groups excluding carboxylic acids is 1. The molecule has 158 valence electrons. The van der Waals surface area contributed by atoms with E-state index in [0.717, 1.165) is 21.8 Å². The van der Waals surface area contributed by atoms with Crippen molar-refractivity contribution in [1.29, 1.82) is 0 Å². The van der Waals surface area contributed by atoms with Gasteiger partial charge in [0.15, 0.2) is 5.11 Å². The van der Waals surface area contributed by atoms with Gasteiger partial charge in [0.05, 0.1) is 23.4 Å². The summed E-state index contributed by atoms with van der Waals surface area (Å²) in [7, 11) is 1.59. The van der Waals surface area contributed by atoms with Crippen LogP contribution in [0, 0.1) is 0 Å². The molecule has 1 fully saturated rings. The number of methoxy groups -OCH3 is 1. The molecule has 0 spiro atoms. The molecule has 6 nitrogen and oxygen atoms in total. The zero-order valence-electron chi connectivity index (χ0n) is 17.1. The summed E-state index contributed by atoms with van der Waals surface area (Å²) in [6.45, 7) is 0. The SMILES string of the molecule is COc1cccc(N2C(=O)C(=Cc3cn(-c4ccccc4)nc3-c3cccs3)NC2=S)c1. The Bertz CT molecular complexity index is 1330. The molecule has 0 atom stereocenters. The van der Waals surface area contributed by atoms with E-state index in [1.807, 2.05) is 76.9 Å². The largest absolute Gasteiger partial charge is 0.497 e. The molecule has 1 aliphatic heterocycles. The van der Waals surface area contributed by atoms with Crippen molar-refractivity contribution in [2.75, 3.05) is 12.0 Å². The van der Waals surface area contributed by atoms with Crippen molar-refractivity contribution >= 4 is 46.3 Å². The van der Waals surface area contributed by atoms with Crippen LogP contribution >= 0.6 is 23.6 Å². The van der Waals surface area contributed by atoms with Gasteiger partial charge in [0.2, 0.25) is 0 Å². The number of nitrogens with zero attached hydrogens (tertiary/aromatic N) is 3. The number of amides is 1. The lowest BCUT2D eigenvalue weighted by atomic mass is 10.2. The molecular weight excluding hydrogens is 440 g/mol. The van der Waals surface area contributed by atoms with Gasteiger partial charge in [-0.25, -0.2) is 4.68 Å². The van der Waals surface area contributed by atoms with Gasteiger partial charge < -0.3 is 10.1 Å². The molecule has 0 aliphatic carbocycles. The zero-order chi connectivity index (χ0) is 22.1. The molecule has 0 bridgehead atoms. The van der Waals surface area contributed by atoms with E-state index in [1.165, 1.54) is 4.90 Å². The molecule has 0 unspecified atom stereocenters. The summed E-state index contributed by atoms with van der Waals surface area (Å²) in [5.41, 5.74) is 3.60. The van der Waals surface area contributed by atoms with Crippen LogP contribution in [0.25, 0.3) is 22.3 Å². The standard InChI is InChI=1S/C24H18N4O2S2/c1-30-19-10-5-9-18(14-19)28-23(29)20(25-24(28)31)13-16-15-27(17-7-3-2-4-8-17)26-22(16)21-11-6-12-32-21/h2-15H,1H3,(H,25,31). The predicted molar refractivity (Wildman–Crippen MR) is 131 cm³/mol. The number of para-hydroxylation sites is 1. The Hall–Kier alpha value is -3.75. The smallest absolute Gasteiger partial charge is 0.281 e. The quantitative estimate of drug-likeness (QED) is 0.342. The number of carbonyl (C=O) groups is 1.